The second-order valence-electron chi connectivity index (χ2n) is 6.25. The molecule has 1 saturated carbocycles. The van der Waals surface area contributed by atoms with E-state index < -0.39 is 11.5 Å². The number of nitrogens with one attached hydrogen (secondary N) is 1. The van der Waals surface area contributed by atoms with Crippen molar-refractivity contribution in [2.45, 2.75) is 44.1 Å². The highest BCUT2D eigenvalue weighted by molar-refractivity contribution is 6.01. The maximum absolute atomic E-state index is 12.6. The summed E-state index contributed by atoms with van der Waals surface area (Å²) in [4.78, 5) is 24.4. The van der Waals surface area contributed by atoms with Crippen LogP contribution in [0, 0.1) is 0 Å². The maximum Gasteiger partial charge on any atom is 0.329 e. The lowest BCUT2D eigenvalue weighted by molar-refractivity contribution is -0.147. The summed E-state index contributed by atoms with van der Waals surface area (Å²) in [5.41, 5.74) is 0.161. The van der Waals surface area contributed by atoms with E-state index in [-0.39, 0.29) is 12.5 Å². The second kappa shape index (κ2) is 6.44. The number of aliphatic carboxylic acids is 1. The van der Waals surface area contributed by atoms with Gasteiger partial charge in [0.2, 0.25) is 0 Å². The van der Waals surface area contributed by atoms with Crippen molar-refractivity contribution in [2.24, 2.45) is 0 Å². The molecule has 122 valence electrons. The van der Waals surface area contributed by atoms with Gasteiger partial charge in [-0.1, -0.05) is 43.9 Å². The summed E-state index contributed by atoms with van der Waals surface area (Å²) in [7, 11) is 0. The van der Waals surface area contributed by atoms with Crippen LogP contribution in [0.1, 0.15) is 44.1 Å². The summed E-state index contributed by atoms with van der Waals surface area (Å²) >= 11 is 0. The van der Waals surface area contributed by atoms with Crippen LogP contribution in [0.2, 0.25) is 0 Å². The third-order valence-corrected chi connectivity index (χ3v) is 4.64. The first-order valence-electron chi connectivity index (χ1n) is 8.09. The lowest BCUT2D eigenvalue weighted by Gasteiger charge is -2.30. The smallest absolute Gasteiger partial charge is 0.329 e. The molecule has 5 heteroatoms. The summed E-state index contributed by atoms with van der Waals surface area (Å²) in [5.74, 6) is -0.541. The molecule has 0 atom stereocenters. The lowest BCUT2D eigenvalue weighted by atomic mass is 9.89. The van der Waals surface area contributed by atoms with Gasteiger partial charge in [0.1, 0.15) is 17.9 Å². The maximum atomic E-state index is 12.6. The van der Waals surface area contributed by atoms with Gasteiger partial charge in [-0.2, -0.15) is 0 Å². The SMILES string of the molecule is O=C(NC1(C(=O)O)CCCCCC1)C1=Cc2ccccc2OC1. The number of carboxylic acids is 1. The number of hydrogen-bond acceptors (Lipinski definition) is 3. The highest BCUT2D eigenvalue weighted by Crippen LogP contribution is 2.29. The van der Waals surface area contributed by atoms with Crippen molar-refractivity contribution >= 4 is 18.0 Å². The van der Waals surface area contributed by atoms with Crippen LogP contribution >= 0.6 is 0 Å². The Hall–Kier alpha value is -2.30. The summed E-state index contributed by atoms with van der Waals surface area (Å²) in [6.07, 6.45) is 6.43. The third kappa shape index (κ3) is 3.23. The molecular weight excluding hydrogens is 294 g/mol. The molecule has 1 aromatic carbocycles. The van der Waals surface area contributed by atoms with Crippen LogP contribution in [0.4, 0.5) is 0 Å². The van der Waals surface area contributed by atoms with Crippen molar-refractivity contribution in [1.82, 2.24) is 5.32 Å². The Bertz CT molecular complexity index is 642. The Balaban J connectivity index is 1.80. The molecule has 3 rings (SSSR count). The number of ether oxygens (including phenoxy) is 1. The minimum atomic E-state index is -1.15. The van der Waals surface area contributed by atoms with E-state index in [1.165, 1.54) is 0 Å². The van der Waals surface area contributed by atoms with Crippen LogP contribution in [0.15, 0.2) is 29.8 Å². The quantitative estimate of drug-likeness (QED) is 0.841. The Morgan fingerprint density at radius 2 is 1.78 bits per heavy atom. The molecule has 2 aliphatic rings. The molecule has 1 fully saturated rings. The van der Waals surface area contributed by atoms with Crippen molar-refractivity contribution in [1.29, 1.82) is 0 Å². The molecule has 0 aromatic heterocycles. The predicted octanol–water partition coefficient (Wildman–Crippen LogP) is 2.76. The van der Waals surface area contributed by atoms with E-state index in [2.05, 4.69) is 5.32 Å². The Morgan fingerprint density at radius 3 is 2.48 bits per heavy atom. The highest BCUT2D eigenvalue weighted by Gasteiger charge is 2.40. The molecule has 5 nitrogen and oxygen atoms in total. The first-order chi connectivity index (χ1) is 11.1. The Kier molecular flexibility index (Phi) is 4.37. The van der Waals surface area contributed by atoms with Gasteiger partial charge in [-0.25, -0.2) is 4.79 Å². The van der Waals surface area contributed by atoms with Gasteiger partial charge in [0.25, 0.3) is 5.91 Å². The number of rotatable bonds is 3. The van der Waals surface area contributed by atoms with E-state index >= 15 is 0 Å². The third-order valence-electron chi connectivity index (χ3n) is 4.64. The molecule has 1 aliphatic carbocycles. The van der Waals surface area contributed by atoms with Gasteiger partial charge in [0.05, 0.1) is 5.57 Å². The van der Waals surface area contributed by atoms with Gasteiger partial charge in [-0.05, 0) is 25.0 Å². The topological polar surface area (TPSA) is 75.6 Å². The zero-order valence-corrected chi connectivity index (χ0v) is 13.0. The average Bonchev–Trinajstić information content (AvgIpc) is 2.81. The predicted molar refractivity (Wildman–Crippen MR) is 86.1 cm³/mol. The van der Waals surface area contributed by atoms with E-state index in [1.807, 2.05) is 24.3 Å². The number of hydrogen-bond donors (Lipinski definition) is 2. The highest BCUT2D eigenvalue weighted by atomic mass is 16.5. The second-order valence-corrected chi connectivity index (χ2v) is 6.25. The molecule has 1 heterocycles. The van der Waals surface area contributed by atoms with Gasteiger partial charge in [-0.15, -0.1) is 0 Å². The fourth-order valence-corrected chi connectivity index (χ4v) is 3.27. The van der Waals surface area contributed by atoms with Crippen molar-refractivity contribution in [3.8, 4) is 5.75 Å². The molecule has 1 aromatic rings. The normalized spacial score (nSPS) is 19.6. The molecule has 23 heavy (non-hydrogen) atoms. The first kappa shape index (κ1) is 15.6. The number of carbonyl (C=O) groups excluding carboxylic acids is 1. The van der Waals surface area contributed by atoms with Crippen molar-refractivity contribution in [3.05, 3.63) is 35.4 Å². The van der Waals surface area contributed by atoms with E-state index in [1.54, 1.807) is 6.08 Å². The van der Waals surface area contributed by atoms with Crippen LogP contribution in [-0.4, -0.2) is 29.1 Å². The van der Waals surface area contributed by atoms with Crippen LogP contribution < -0.4 is 10.1 Å². The summed E-state index contributed by atoms with van der Waals surface area (Å²) in [6, 6.07) is 7.48. The molecule has 1 aliphatic heterocycles. The number of amides is 1. The van der Waals surface area contributed by atoms with Gasteiger partial charge >= 0.3 is 5.97 Å². The number of carbonyl (C=O) groups is 2. The van der Waals surface area contributed by atoms with Crippen LogP contribution in [-0.2, 0) is 9.59 Å². The van der Waals surface area contributed by atoms with Gasteiger partial charge in [-0.3, -0.25) is 4.79 Å². The summed E-state index contributed by atoms with van der Waals surface area (Å²) in [5, 5.41) is 12.4. The van der Waals surface area contributed by atoms with E-state index in [4.69, 9.17) is 4.74 Å². The minimum Gasteiger partial charge on any atom is -0.488 e. The zero-order chi connectivity index (χ0) is 16.3. The van der Waals surface area contributed by atoms with E-state index in [0.717, 1.165) is 37.0 Å². The Labute approximate surface area is 135 Å². The van der Waals surface area contributed by atoms with Crippen molar-refractivity contribution in [3.63, 3.8) is 0 Å². The van der Waals surface area contributed by atoms with Crippen LogP contribution in [0.25, 0.3) is 6.08 Å². The fraction of sp³-hybridized carbons (Fsp3) is 0.444. The molecule has 0 bridgehead atoms. The average molecular weight is 315 g/mol. The van der Waals surface area contributed by atoms with Crippen LogP contribution in [0.5, 0.6) is 5.75 Å². The minimum absolute atomic E-state index is 0.165. The van der Waals surface area contributed by atoms with Crippen LogP contribution in [0.3, 0.4) is 0 Å². The molecule has 0 saturated heterocycles. The molecule has 1 amide bonds. The Morgan fingerprint density at radius 1 is 1.09 bits per heavy atom. The number of para-hydroxylation sites is 1. The lowest BCUT2D eigenvalue weighted by Crippen LogP contribution is -2.55. The van der Waals surface area contributed by atoms with Gasteiger partial charge in [0, 0.05) is 5.56 Å². The standard InChI is InChI=1S/C18H21NO4/c20-16(14-11-13-7-3-4-8-15(13)23-12-14)19-18(17(21)22)9-5-1-2-6-10-18/h3-4,7-8,11H,1-2,5-6,9-10,12H2,(H,19,20)(H,21,22). The molecular formula is C18H21NO4. The van der Waals surface area contributed by atoms with Gasteiger partial charge < -0.3 is 15.2 Å². The number of benzene rings is 1. The van der Waals surface area contributed by atoms with Crippen molar-refractivity contribution in [2.75, 3.05) is 6.61 Å². The largest absolute Gasteiger partial charge is 0.488 e. The molecule has 0 radical (unpaired) electrons. The summed E-state index contributed by atoms with van der Waals surface area (Å²) < 4.78 is 5.59. The van der Waals surface area contributed by atoms with E-state index in [9.17, 15) is 14.7 Å². The van der Waals surface area contributed by atoms with Crippen molar-refractivity contribution < 1.29 is 19.4 Å². The first-order valence-corrected chi connectivity index (χ1v) is 8.09. The van der Waals surface area contributed by atoms with Gasteiger partial charge in [0.15, 0.2) is 0 Å². The molecule has 2 N–H and O–H groups in total. The number of fused-ring (bicyclic) bond motifs is 1. The monoisotopic (exact) mass is 315 g/mol. The fourth-order valence-electron chi connectivity index (χ4n) is 3.27. The molecule has 0 spiro atoms. The van der Waals surface area contributed by atoms with E-state index in [0.29, 0.717) is 18.4 Å². The zero-order valence-electron chi connectivity index (χ0n) is 13.0. The summed E-state index contributed by atoms with van der Waals surface area (Å²) in [6.45, 7) is 0.165. The number of carboxylic acid groups (broad SMARTS) is 1. The molecule has 0 unspecified atom stereocenters.